The van der Waals surface area contributed by atoms with Crippen LogP contribution < -0.4 is 28.4 Å². The molecule has 0 fully saturated rings. The van der Waals surface area contributed by atoms with E-state index in [1.165, 1.54) is 12.2 Å². The Labute approximate surface area is 293 Å². The first-order chi connectivity index (χ1) is 24.8. The van der Waals surface area contributed by atoms with Crippen molar-refractivity contribution in [1.82, 2.24) is 0 Å². The summed E-state index contributed by atoms with van der Waals surface area (Å²) >= 11 is 0. The molecule has 51 heavy (non-hydrogen) atoms. The fourth-order valence-corrected chi connectivity index (χ4v) is 5.60. The Morgan fingerprint density at radius 2 is 0.843 bits per heavy atom. The molecular formula is C40H34O11. The quantitative estimate of drug-likeness (QED) is 0.0699. The van der Waals surface area contributed by atoms with Crippen molar-refractivity contribution in [3.8, 4) is 57.1 Å². The molecule has 4 aromatic carbocycles. The molecule has 2 heterocycles. The molecule has 0 aliphatic carbocycles. The third-order valence-electron chi connectivity index (χ3n) is 8.14. The van der Waals surface area contributed by atoms with Gasteiger partial charge in [-0.3, -0.25) is 0 Å². The van der Waals surface area contributed by atoms with Crippen molar-refractivity contribution in [3.63, 3.8) is 0 Å². The van der Waals surface area contributed by atoms with E-state index in [1.54, 1.807) is 103 Å². The zero-order valence-electron chi connectivity index (χ0n) is 28.7. The Kier molecular flexibility index (Phi) is 9.99. The molecule has 0 unspecified atom stereocenters. The van der Waals surface area contributed by atoms with E-state index in [0.717, 1.165) is 11.1 Å². The first-order valence-electron chi connectivity index (χ1n) is 15.6. The highest BCUT2D eigenvalue weighted by molar-refractivity contribution is 6.03. The number of ether oxygens (including phenoxy) is 7. The van der Waals surface area contributed by atoms with Gasteiger partial charge in [-0.05, 0) is 83.9 Å². The molecular weight excluding hydrogens is 656 g/mol. The van der Waals surface area contributed by atoms with E-state index in [2.05, 4.69) is 0 Å². The number of methoxy groups -OCH3 is 6. The van der Waals surface area contributed by atoms with Gasteiger partial charge in [0.2, 0.25) is 0 Å². The maximum atomic E-state index is 12.7. The van der Waals surface area contributed by atoms with Crippen LogP contribution in [0.4, 0.5) is 0 Å². The number of hydrogen-bond donors (Lipinski definition) is 0. The van der Waals surface area contributed by atoms with Crippen LogP contribution >= 0.6 is 0 Å². The van der Waals surface area contributed by atoms with Gasteiger partial charge in [0, 0.05) is 34.1 Å². The smallest absolute Gasteiger partial charge is 0.338 e. The number of fused-ring (bicyclic) bond motifs is 2. The summed E-state index contributed by atoms with van der Waals surface area (Å²) in [5, 5.41) is 1.37. The van der Waals surface area contributed by atoms with Gasteiger partial charge in [0.15, 0.2) is 45.7 Å². The molecule has 0 radical (unpaired) electrons. The van der Waals surface area contributed by atoms with Gasteiger partial charge in [0.05, 0.1) is 42.7 Å². The van der Waals surface area contributed by atoms with Crippen LogP contribution in [0.25, 0.3) is 56.7 Å². The third kappa shape index (κ3) is 6.95. The maximum absolute atomic E-state index is 12.7. The second-order valence-electron chi connectivity index (χ2n) is 11.0. The molecule has 11 heteroatoms. The molecule has 0 spiro atoms. The monoisotopic (exact) mass is 690 g/mol. The second-order valence-corrected chi connectivity index (χ2v) is 11.0. The fraction of sp³-hybridized carbons (Fsp3) is 0.150. The first kappa shape index (κ1) is 34.3. The SMILES string of the molecule is COc1ccc(-c2cc3c(/C=C/C(=O)OC(=O)/C=C/c4ccc(OC)c5oc(-c6ccc(OC)c(OC)c6)cc45)ccc(OC)c3o2)cc1OC. The second kappa shape index (κ2) is 14.9. The van der Waals surface area contributed by atoms with Crippen LogP contribution in [0, 0.1) is 0 Å². The van der Waals surface area contributed by atoms with Crippen molar-refractivity contribution in [2.45, 2.75) is 0 Å². The molecule has 260 valence electrons. The standard InChI is InChI=1S/C40H34O11/c1-43-29-13-9-25(19-35(29)47-5)33-21-27-23(7-15-31(45-3)39(27)49-33)11-17-37(41)51-38(42)18-12-24-8-16-32(46-4)40-28(24)22-34(50-40)26-10-14-30(44-2)36(20-26)48-6/h7-22H,1-6H3/b17-11+,18-12+. The molecule has 6 rings (SSSR count). The Balaban J connectivity index is 1.21. The number of carbonyl (C=O) groups excluding carboxylic acids is 2. The Hall–Kier alpha value is -6.62. The molecule has 0 aliphatic rings. The number of carbonyl (C=O) groups is 2. The van der Waals surface area contributed by atoms with Crippen LogP contribution in [-0.4, -0.2) is 54.6 Å². The van der Waals surface area contributed by atoms with Gasteiger partial charge < -0.3 is 42.0 Å². The van der Waals surface area contributed by atoms with Crippen LogP contribution in [0.3, 0.4) is 0 Å². The Morgan fingerprint density at radius 3 is 1.22 bits per heavy atom. The van der Waals surface area contributed by atoms with E-state index >= 15 is 0 Å². The van der Waals surface area contributed by atoms with Crippen LogP contribution in [0.2, 0.25) is 0 Å². The zero-order valence-corrected chi connectivity index (χ0v) is 28.7. The van der Waals surface area contributed by atoms with Gasteiger partial charge in [-0.2, -0.15) is 0 Å². The lowest BCUT2D eigenvalue weighted by Crippen LogP contribution is -2.06. The highest BCUT2D eigenvalue weighted by atomic mass is 16.6. The predicted octanol–water partition coefficient (Wildman–Crippen LogP) is 8.36. The van der Waals surface area contributed by atoms with Crippen molar-refractivity contribution >= 4 is 46.0 Å². The van der Waals surface area contributed by atoms with Gasteiger partial charge in [-0.25, -0.2) is 9.59 Å². The van der Waals surface area contributed by atoms with Crippen LogP contribution in [0.1, 0.15) is 11.1 Å². The van der Waals surface area contributed by atoms with Crippen molar-refractivity contribution < 1.29 is 51.6 Å². The molecule has 0 aliphatic heterocycles. The normalized spacial score (nSPS) is 11.3. The lowest BCUT2D eigenvalue weighted by atomic mass is 10.1. The van der Waals surface area contributed by atoms with Crippen molar-refractivity contribution in [2.24, 2.45) is 0 Å². The van der Waals surface area contributed by atoms with E-state index in [4.69, 9.17) is 42.0 Å². The third-order valence-corrected chi connectivity index (χ3v) is 8.14. The van der Waals surface area contributed by atoms with Gasteiger partial charge in [0.25, 0.3) is 0 Å². The lowest BCUT2D eigenvalue weighted by molar-refractivity contribution is -0.152. The summed E-state index contributed by atoms with van der Waals surface area (Å²) in [5.74, 6) is 2.68. The lowest BCUT2D eigenvalue weighted by Gasteiger charge is -2.08. The number of hydrogen-bond acceptors (Lipinski definition) is 11. The molecule has 6 aromatic rings. The molecule has 0 saturated heterocycles. The molecule has 0 N–H and O–H groups in total. The van der Waals surface area contributed by atoms with E-state index in [0.29, 0.717) is 79.1 Å². The topological polar surface area (TPSA) is 125 Å². The van der Waals surface area contributed by atoms with Gasteiger partial charge in [0.1, 0.15) is 11.5 Å². The largest absolute Gasteiger partial charge is 0.493 e. The summed E-state index contributed by atoms with van der Waals surface area (Å²) in [4.78, 5) is 25.4. The molecule has 2 aromatic heterocycles. The van der Waals surface area contributed by atoms with Crippen LogP contribution in [-0.2, 0) is 14.3 Å². The molecule has 0 atom stereocenters. The van der Waals surface area contributed by atoms with Gasteiger partial charge in [-0.1, -0.05) is 12.1 Å². The number of furan rings is 2. The average molecular weight is 691 g/mol. The minimum atomic E-state index is -0.851. The summed E-state index contributed by atoms with van der Waals surface area (Å²) < 4.78 is 50.0. The van der Waals surface area contributed by atoms with Crippen LogP contribution in [0.15, 0.2) is 93.8 Å². The average Bonchev–Trinajstić information content (AvgIpc) is 3.82. The maximum Gasteiger partial charge on any atom is 0.338 e. The first-order valence-corrected chi connectivity index (χ1v) is 15.6. The summed E-state index contributed by atoms with van der Waals surface area (Å²) in [5.41, 5.74) is 3.75. The van der Waals surface area contributed by atoms with E-state index in [1.807, 2.05) is 24.3 Å². The molecule has 0 bridgehead atoms. The number of esters is 2. The summed E-state index contributed by atoms with van der Waals surface area (Å²) in [6, 6.07) is 21.5. The molecule has 0 amide bonds. The van der Waals surface area contributed by atoms with E-state index < -0.39 is 11.9 Å². The molecule has 11 nitrogen and oxygen atoms in total. The van der Waals surface area contributed by atoms with E-state index in [-0.39, 0.29) is 0 Å². The van der Waals surface area contributed by atoms with E-state index in [9.17, 15) is 9.59 Å². The zero-order chi connectivity index (χ0) is 36.1. The van der Waals surface area contributed by atoms with Crippen molar-refractivity contribution in [1.29, 1.82) is 0 Å². The Morgan fingerprint density at radius 1 is 0.471 bits per heavy atom. The highest BCUT2D eigenvalue weighted by Gasteiger charge is 2.17. The fourth-order valence-electron chi connectivity index (χ4n) is 5.60. The predicted molar refractivity (Wildman–Crippen MR) is 192 cm³/mol. The minimum absolute atomic E-state index is 0.483. The van der Waals surface area contributed by atoms with Crippen molar-refractivity contribution in [2.75, 3.05) is 42.7 Å². The minimum Gasteiger partial charge on any atom is -0.493 e. The van der Waals surface area contributed by atoms with Gasteiger partial charge in [-0.15, -0.1) is 0 Å². The van der Waals surface area contributed by atoms with Crippen molar-refractivity contribution in [3.05, 3.63) is 96.1 Å². The highest BCUT2D eigenvalue weighted by Crippen LogP contribution is 2.40. The Bertz CT molecular complexity index is 2140. The number of rotatable bonds is 12. The molecule has 0 saturated carbocycles. The van der Waals surface area contributed by atoms with Gasteiger partial charge >= 0.3 is 11.9 Å². The summed E-state index contributed by atoms with van der Waals surface area (Å²) in [7, 11) is 9.32. The summed E-state index contributed by atoms with van der Waals surface area (Å²) in [6.07, 6.45) is 5.44. The summed E-state index contributed by atoms with van der Waals surface area (Å²) in [6.45, 7) is 0. The van der Waals surface area contributed by atoms with Crippen LogP contribution in [0.5, 0.6) is 34.5 Å². The number of benzene rings is 4.